The van der Waals surface area contributed by atoms with Gasteiger partial charge in [-0.3, -0.25) is 0 Å². The quantitative estimate of drug-likeness (QED) is 0.902. The average molecular weight is 259 g/mol. The minimum atomic E-state index is -0.659. The van der Waals surface area contributed by atoms with Gasteiger partial charge < -0.3 is 10.0 Å². The summed E-state index contributed by atoms with van der Waals surface area (Å²) in [6, 6.07) is 12.7. The van der Waals surface area contributed by atoms with Gasteiger partial charge in [0.05, 0.1) is 11.8 Å². The van der Waals surface area contributed by atoms with Crippen LogP contribution in [0.25, 0.3) is 0 Å². The van der Waals surface area contributed by atoms with Crippen LogP contribution in [0.4, 0.5) is 15.8 Å². The number of halogens is 1. The fourth-order valence-electron chi connectivity index (χ4n) is 2.03. The molecule has 2 aromatic rings. The minimum Gasteiger partial charge on any atom is -0.389 e. The van der Waals surface area contributed by atoms with Crippen molar-refractivity contribution < 1.29 is 9.50 Å². The zero-order valence-electron chi connectivity index (χ0n) is 11.4. The Hall–Kier alpha value is -1.87. The van der Waals surface area contributed by atoms with E-state index in [-0.39, 0.29) is 5.82 Å². The maximum Gasteiger partial charge on any atom is 0.147 e. The number of benzene rings is 2. The van der Waals surface area contributed by atoms with E-state index in [4.69, 9.17) is 0 Å². The fourth-order valence-corrected chi connectivity index (χ4v) is 2.03. The van der Waals surface area contributed by atoms with E-state index >= 15 is 0 Å². The summed E-state index contributed by atoms with van der Waals surface area (Å²) in [5.74, 6) is -0.331. The third kappa shape index (κ3) is 2.93. The highest BCUT2D eigenvalue weighted by Crippen LogP contribution is 2.28. The van der Waals surface area contributed by atoms with Crippen LogP contribution in [0.1, 0.15) is 24.2 Å². The highest BCUT2D eigenvalue weighted by molar-refractivity contribution is 5.63. The van der Waals surface area contributed by atoms with Gasteiger partial charge in [0.1, 0.15) is 5.82 Å². The molecule has 0 fully saturated rings. The van der Waals surface area contributed by atoms with Crippen LogP contribution in [-0.2, 0) is 0 Å². The summed E-state index contributed by atoms with van der Waals surface area (Å²) in [6.07, 6.45) is -0.659. The van der Waals surface area contributed by atoms with E-state index in [0.717, 1.165) is 11.3 Å². The van der Waals surface area contributed by atoms with Gasteiger partial charge >= 0.3 is 0 Å². The van der Waals surface area contributed by atoms with Crippen molar-refractivity contribution in [1.82, 2.24) is 0 Å². The molecule has 0 heterocycles. The summed E-state index contributed by atoms with van der Waals surface area (Å²) in [4.78, 5) is 1.80. The largest absolute Gasteiger partial charge is 0.389 e. The van der Waals surface area contributed by atoms with Crippen molar-refractivity contribution in [1.29, 1.82) is 0 Å². The first kappa shape index (κ1) is 13.6. The molecule has 0 saturated carbocycles. The first-order valence-corrected chi connectivity index (χ1v) is 6.27. The van der Waals surface area contributed by atoms with Gasteiger partial charge in [0.15, 0.2) is 0 Å². The van der Waals surface area contributed by atoms with Crippen molar-refractivity contribution in [2.75, 3.05) is 11.9 Å². The fraction of sp³-hybridized carbons (Fsp3) is 0.250. The number of anilines is 2. The SMILES string of the molecule is Cc1cccc(N(C)c2ccc(C(C)O)cc2F)c1. The molecule has 19 heavy (non-hydrogen) atoms. The Labute approximate surface area is 113 Å². The number of hydrogen-bond acceptors (Lipinski definition) is 2. The molecule has 1 unspecified atom stereocenters. The maximum atomic E-state index is 14.1. The van der Waals surface area contributed by atoms with Crippen molar-refractivity contribution in [2.45, 2.75) is 20.0 Å². The highest BCUT2D eigenvalue weighted by atomic mass is 19.1. The topological polar surface area (TPSA) is 23.5 Å². The number of rotatable bonds is 3. The monoisotopic (exact) mass is 259 g/mol. The van der Waals surface area contributed by atoms with Gasteiger partial charge in [-0.25, -0.2) is 4.39 Å². The molecule has 1 atom stereocenters. The van der Waals surface area contributed by atoms with Gasteiger partial charge in [0, 0.05) is 12.7 Å². The van der Waals surface area contributed by atoms with Crippen molar-refractivity contribution in [3.05, 3.63) is 59.4 Å². The van der Waals surface area contributed by atoms with Crippen molar-refractivity contribution in [3.63, 3.8) is 0 Å². The second kappa shape index (κ2) is 5.41. The van der Waals surface area contributed by atoms with Gasteiger partial charge in [-0.15, -0.1) is 0 Å². The molecule has 0 aliphatic carbocycles. The lowest BCUT2D eigenvalue weighted by molar-refractivity contribution is 0.199. The van der Waals surface area contributed by atoms with Gasteiger partial charge in [-0.05, 0) is 49.2 Å². The number of aliphatic hydroxyl groups is 1. The molecule has 100 valence electrons. The molecule has 2 rings (SSSR count). The molecule has 0 aromatic heterocycles. The van der Waals surface area contributed by atoms with Crippen LogP contribution >= 0.6 is 0 Å². The van der Waals surface area contributed by atoms with Gasteiger partial charge in [-0.2, -0.15) is 0 Å². The molecule has 0 aliphatic heterocycles. The number of hydrogen-bond donors (Lipinski definition) is 1. The summed E-state index contributed by atoms with van der Waals surface area (Å²) < 4.78 is 14.1. The predicted molar refractivity (Wildman–Crippen MR) is 76.3 cm³/mol. The van der Waals surface area contributed by atoms with E-state index < -0.39 is 6.10 Å². The van der Waals surface area contributed by atoms with Gasteiger partial charge in [0.25, 0.3) is 0 Å². The molecule has 0 aliphatic rings. The Morgan fingerprint density at radius 3 is 2.47 bits per heavy atom. The third-order valence-electron chi connectivity index (χ3n) is 3.20. The minimum absolute atomic E-state index is 0.331. The molecular formula is C16H18FNO. The lowest BCUT2D eigenvalue weighted by Crippen LogP contribution is -2.11. The van der Waals surface area contributed by atoms with E-state index in [1.807, 2.05) is 38.2 Å². The van der Waals surface area contributed by atoms with Crippen LogP contribution in [-0.4, -0.2) is 12.2 Å². The van der Waals surface area contributed by atoms with Crippen LogP contribution in [0, 0.1) is 12.7 Å². The molecule has 0 spiro atoms. The first-order chi connectivity index (χ1) is 8.99. The molecular weight excluding hydrogens is 241 g/mol. The zero-order chi connectivity index (χ0) is 14.0. The first-order valence-electron chi connectivity index (χ1n) is 6.27. The summed E-state index contributed by atoms with van der Waals surface area (Å²) >= 11 is 0. The van der Waals surface area contributed by atoms with Crippen LogP contribution in [0.3, 0.4) is 0 Å². The van der Waals surface area contributed by atoms with E-state index in [1.165, 1.54) is 6.07 Å². The van der Waals surface area contributed by atoms with Crippen LogP contribution in [0.5, 0.6) is 0 Å². The molecule has 1 N–H and O–H groups in total. The second-order valence-electron chi connectivity index (χ2n) is 4.78. The predicted octanol–water partition coefficient (Wildman–Crippen LogP) is 3.96. The number of nitrogens with zero attached hydrogens (tertiary/aromatic N) is 1. The molecule has 0 saturated heterocycles. The van der Waals surface area contributed by atoms with E-state index in [0.29, 0.717) is 11.3 Å². The standard InChI is InChI=1S/C16H18FNO/c1-11-5-4-6-14(9-11)18(3)16-8-7-13(12(2)19)10-15(16)17/h4-10,12,19H,1-3H3. The van der Waals surface area contributed by atoms with Gasteiger partial charge in [0.2, 0.25) is 0 Å². The summed E-state index contributed by atoms with van der Waals surface area (Å²) in [6.45, 7) is 3.63. The maximum absolute atomic E-state index is 14.1. The molecule has 0 amide bonds. The van der Waals surface area contributed by atoms with E-state index in [9.17, 15) is 9.50 Å². The van der Waals surface area contributed by atoms with Crippen LogP contribution in [0.2, 0.25) is 0 Å². The lowest BCUT2D eigenvalue weighted by Gasteiger charge is -2.21. The summed E-state index contributed by atoms with van der Waals surface area (Å²) in [5, 5.41) is 9.45. The zero-order valence-corrected chi connectivity index (χ0v) is 11.4. The Morgan fingerprint density at radius 1 is 1.16 bits per heavy atom. The Kier molecular flexibility index (Phi) is 3.86. The van der Waals surface area contributed by atoms with E-state index in [2.05, 4.69) is 0 Å². The van der Waals surface area contributed by atoms with Crippen molar-refractivity contribution >= 4 is 11.4 Å². The van der Waals surface area contributed by atoms with Crippen molar-refractivity contribution in [3.8, 4) is 0 Å². The van der Waals surface area contributed by atoms with E-state index in [1.54, 1.807) is 24.0 Å². The van der Waals surface area contributed by atoms with Crippen LogP contribution < -0.4 is 4.90 Å². The smallest absolute Gasteiger partial charge is 0.147 e. The Morgan fingerprint density at radius 2 is 1.89 bits per heavy atom. The molecule has 0 bridgehead atoms. The Bertz CT molecular complexity index is 581. The molecule has 3 heteroatoms. The average Bonchev–Trinajstić information content (AvgIpc) is 2.37. The molecule has 2 aromatic carbocycles. The normalized spacial score (nSPS) is 12.3. The summed E-state index contributed by atoms with van der Waals surface area (Å²) in [5.41, 5.74) is 3.14. The van der Waals surface area contributed by atoms with Crippen molar-refractivity contribution in [2.24, 2.45) is 0 Å². The summed E-state index contributed by atoms with van der Waals surface area (Å²) in [7, 11) is 1.83. The third-order valence-corrected chi connectivity index (χ3v) is 3.20. The molecule has 2 nitrogen and oxygen atoms in total. The number of aryl methyl sites for hydroxylation is 1. The second-order valence-corrected chi connectivity index (χ2v) is 4.78. The lowest BCUT2D eigenvalue weighted by atomic mass is 10.1. The highest BCUT2D eigenvalue weighted by Gasteiger charge is 2.11. The van der Waals surface area contributed by atoms with Gasteiger partial charge in [-0.1, -0.05) is 18.2 Å². The Balaban J connectivity index is 2.36. The molecule has 0 radical (unpaired) electrons. The van der Waals surface area contributed by atoms with Crippen LogP contribution in [0.15, 0.2) is 42.5 Å². The number of aliphatic hydroxyl groups excluding tert-OH is 1.